The van der Waals surface area contributed by atoms with Gasteiger partial charge in [-0.15, -0.1) is 0 Å². The van der Waals surface area contributed by atoms with E-state index >= 15 is 0 Å². The summed E-state index contributed by atoms with van der Waals surface area (Å²) in [5, 5.41) is 0. The standard InChI is InChI=1S/C23H25N5O/c1-16-8-6-7-11-20(16)27-12-13-28(17(2)15-27)22(29)19-14-25-23(24)26-21(19)18-9-4-3-5-10-18/h3-11,14,17H,12-13,15H2,1-2H3,(H2,24,25,26). The number of hydrogen-bond donors (Lipinski definition) is 1. The normalized spacial score (nSPS) is 16.7. The molecule has 0 saturated carbocycles. The van der Waals surface area contributed by atoms with Crippen LogP contribution in [0.2, 0.25) is 0 Å². The summed E-state index contributed by atoms with van der Waals surface area (Å²) in [4.78, 5) is 26.1. The summed E-state index contributed by atoms with van der Waals surface area (Å²) < 4.78 is 0. The van der Waals surface area contributed by atoms with Crippen molar-refractivity contribution in [2.75, 3.05) is 30.3 Å². The van der Waals surface area contributed by atoms with Gasteiger partial charge in [-0.05, 0) is 25.5 Å². The lowest BCUT2D eigenvalue weighted by atomic mass is 10.0. The van der Waals surface area contributed by atoms with E-state index in [0.29, 0.717) is 17.8 Å². The number of carbonyl (C=O) groups is 1. The second-order valence-electron chi connectivity index (χ2n) is 7.44. The molecule has 6 nitrogen and oxygen atoms in total. The van der Waals surface area contributed by atoms with Gasteiger partial charge in [0.1, 0.15) is 0 Å². The van der Waals surface area contributed by atoms with Gasteiger partial charge in [0.25, 0.3) is 5.91 Å². The number of piperazine rings is 1. The molecule has 4 rings (SSSR count). The van der Waals surface area contributed by atoms with Crippen LogP contribution >= 0.6 is 0 Å². The summed E-state index contributed by atoms with van der Waals surface area (Å²) in [7, 11) is 0. The smallest absolute Gasteiger partial charge is 0.258 e. The molecule has 0 aliphatic carbocycles. The van der Waals surface area contributed by atoms with Gasteiger partial charge in [-0.1, -0.05) is 48.5 Å². The van der Waals surface area contributed by atoms with Crippen molar-refractivity contribution in [2.45, 2.75) is 19.9 Å². The number of hydrogen-bond acceptors (Lipinski definition) is 5. The van der Waals surface area contributed by atoms with E-state index in [1.807, 2.05) is 41.3 Å². The van der Waals surface area contributed by atoms with Crippen LogP contribution in [-0.2, 0) is 0 Å². The molecule has 3 aromatic rings. The molecule has 6 heteroatoms. The maximum atomic E-state index is 13.4. The molecule has 0 bridgehead atoms. The Morgan fingerprint density at radius 3 is 2.52 bits per heavy atom. The summed E-state index contributed by atoms with van der Waals surface area (Å²) in [6.07, 6.45) is 1.55. The maximum Gasteiger partial charge on any atom is 0.258 e. The molecular weight excluding hydrogens is 362 g/mol. The zero-order chi connectivity index (χ0) is 20.4. The number of benzene rings is 2. The zero-order valence-corrected chi connectivity index (χ0v) is 16.7. The Hall–Kier alpha value is -3.41. The van der Waals surface area contributed by atoms with Crippen LogP contribution in [0.5, 0.6) is 0 Å². The lowest BCUT2D eigenvalue weighted by Crippen LogP contribution is -2.54. The van der Waals surface area contributed by atoms with Gasteiger partial charge in [-0.3, -0.25) is 4.79 Å². The third-order valence-corrected chi connectivity index (χ3v) is 5.43. The lowest BCUT2D eigenvalue weighted by molar-refractivity contribution is 0.0674. The molecule has 2 N–H and O–H groups in total. The average Bonchev–Trinajstić information content (AvgIpc) is 2.74. The van der Waals surface area contributed by atoms with Crippen LogP contribution in [0, 0.1) is 6.92 Å². The molecule has 1 aliphatic heterocycles. The number of nitrogens with two attached hydrogens (primary N) is 1. The number of para-hydroxylation sites is 1. The molecule has 29 heavy (non-hydrogen) atoms. The fraction of sp³-hybridized carbons (Fsp3) is 0.261. The van der Waals surface area contributed by atoms with Crippen LogP contribution in [0.1, 0.15) is 22.8 Å². The van der Waals surface area contributed by atoms with Crippen LogP contribution in [-0.4, -0.2) is 46.5 Å². The van der Waals surface area contributed by atoms with Gasteiger partial charge >= 0.3 is 0 Å². The molecule has 2 aromatic carbocycles. The summed E-state index contributed by atoms with van der Waals surface area (Å²) in [6, 6.07) is 18.1. The highest BCUT2D eigenvalue weighted by Gasteiger charge is 2.30. The fourth-order valence-corrected chi connectivity index (χ4v) is 3.92. The van der Waals surface area contributed by atoms with Crippen LogP contribution < -0.4 is 10.6 Å². The van der Waals surface area contributed by atoms with Crippen molar-refractivity contribution < 1.29 is 4.79 Å². The number of anilines is 2. The van der Waals surface area contributed by atoms with Crippen LogP contribution in [0.3, 0.4) is 0 Å². The Morgan fingerprint density at radius 2 is 1.79 bits per heavy atom. The van der Waals surface area contributed by atoms with Gasteiger partial charge in [-0.2, -0.15) is 0 Å². The first-order valence-corrected chi connectivity index (χ1v) is 9.84. The van der Waals surface area contributed by atoms with Gasteiger partial charge in [0.2, 0.25) is 5.95 Å². The van der Waals surface area contributed by atoms with Crippen molar-refractivity contribution in [3.05, 3.63) is 71.9 Å². The third-order valence-electron chi connectivity index (χ3n) is 5.43. The molecule has 0 spiro atoms. The van der Waals surface area contributed by atoms with E-state index in [0.717, 1.165) is 18.7 Å². The number of aromatic nitrogens is 2. The number of nitrogen functional groups attached to an aromatic ring is 1. The van der Waals surface area contributed by atoms with Crippen molar-refractivity contribution in [2.24, 2.45) is 0 Å². The van der Waals surface area contributed by atoms with Crippen LogP contribution in [0.25, 0.3) is 11.3 Å². The highest BCUT2D eigenvalue weighted by molar-refractivity contribution is 6.00. The van der Waals surface area contributed by atoms with E-state index in [4.69, 9.17) is 5.73 Å². The second kappa shape index (κ2) is 7.91. The summed E-state index contributed by atoms with van der Waals surface area (Å²) in [6.45, 7) is 6.43. The molecule has 2 heterocycles. The van der Waals surface area contributed by atoms with Crippen molar-refractivity contribution >= 4 is 17.5 Å². The highest BCUT2D eigenvalue weighted by Crippen LogP contribution is 2.26. The van der Waals surface area contributed by atoms with E-state index in [1.54, 1.807) is 6.20 Å². The molecule has 1 aliphatic rings. The van der Waals surface area contributed by atoms with Crippen LogP contribution in [0.15, 0.2) is 60.8 Å². The van der Waals surface area contributed by atoms with E-state index in [2.05, 4.69) is 46.9 Å². The quantitative estimate of drug-likeness (QED) is 0.746. The molecule has 1 unspecified atom stereocenters. The van der Waals surface area contributed by atoms with Crippen molar-refractivity contribution in [1.29, 1.82) is 0 Å². The topological polar surface area (TPSA) is 75.3 Å². The minimum atomic E-state index is -0.0548. The summed E-state index contributed by atoms with van der Waals surface area (Å²) in [5.41, 5.74) is 10.2. The van der Waals surface area contributed by atoms with Gasteiger partial charge in [-0.25, -0.2) is 9.97 Å². The van der Waals surface area contributed by atoms with Gasteiger partial charge < -0.3 is 15.5 Å². The van der Waals surface area contributed by atoms with E-state index in [9.17, 15) is 4.79 Å². The SMILES string of the molecule is Cc1ccccc1N1CCN(C(=O)c2cnc(N)nc2-c2ccccc2)C(C)C1. The largest absolute Gasteiger partial charge is 0.368 e. The van der Waals surface area contributed by atoms with Crippen LogP contribution in [0.4, 0.5) is 11.6 Å². The van der Waals surface area contributed by atoms with Gasteiger partial charge in [0, 0.05) is 43.1 Å². The minimum Gasteiger partial charge on any atom is -0.368 e. The monoisotopic (exact) mass is 387 g/mol. The Kier molecular flexibility index (Phi) is 5.16. The molecule has 1 fully saturated rings. The van der Waals surface area contributed by atoms with E-state index < -0.39 is 0 Å². The molecule has 1 saturated heterocycles. The number of carbonyl (C=O) groups excluding carboxylic acids is 1. The first kappa shape index (κ1) is 18.9. The molecule has 1 amide bonds. The molecule has 1 aromatic heterocycles. The zero-order valence-electron chi connectivity index (χ0n) is 16.7. The van der Waals surface area contributed by atoms with E-state index in [1.165, 1.54) is 11.3 Å². The third kappa shape index (κ3) is 3.78. The molecule has 1 atom stereocenters. The summed E-state index contributed by atoms with van der Waals surface area (Å²) in [5.74, 6) is 0.110. The second-order valence-corrected chi connectivity index (χ2v) is 7.44. The fourth-order valence-electron chi connectivity index (χ4n) is 3.92. The number of nitrogens with zero attached hydrogens (tertiary/aromatic N) is 4. The Morgan fingerprint density at radius 1 is 1.07 bits per heavy atom. The van der Waals surface area contributed by atoms with Crippen molar-refractivity contribution in [3.8, 4) is 11.3 Å². The molecule has 0 radical (unpaired) electrons. The Bertz CT molecular complexity index is 1020. The molecular formula is C23H25N5O. The Labute approximate surface area is 171 Å². The molecule has 148 valence electrons. The van der Waals surface area contributed by atoms with Gasteiger partial charge in [0.05, 0.1) is 11.3 Å². The first-order valence-electron chi connectivity index (χ1n) is 9.84. The highest BCUT2D eigenvalue weighted by atomic mass is 16.2. The average molecular weight is 387 g/mol. The lowest BCUT2D eigenvalue weighted by Gasteiger charge is -2.41. The number of rotatable bonds is 3. The number of amides is 1. The minimum absolute atomic E-state index is 0.0548. The Balaban J connectivity index is 1.59. The maximum absolute atomic E-state index is 13.4. The van der Waals surface area contributed by atoms with Crippen molar-refractivity contribution in [3.63, 3.8) is 0 Å². The van der Waals surface area contributed by atoms with Gasteiger partial charge in [0.15, 0.2) is 0 Å². The predicted molar refractivity (Wildman–Crippen MR) is 116 cm³/mol. The predicted octanol–water partition coefficient (Wildman–Crippen LogP) is 3.39. The summed E-state index contributed by atoms with van der Waals surface area (Å²) >= 11 is 0. The number of aryl methyl sites for hydroxylation is 1. The van der Waals surface area contributed by atoms with Crippen molar-refractivity contribution in [1.82, 2.24) is 14.9 Å². The first-order chi connectivity index (χ1) is 14.0. The van der Waals surface area contributed by atoms with E-state index in [-0.39, 0.29) is 17.9 Å².